The number of carbonyl (C=O) groups is 1. The van der Waals surface area contributed by atoms with Gasteiger partial charge in [-0.3, -0.25) is 4.79 Å². The SMILES string of the molecule is C[C@H]1CCC[NH+](CC(=O)NC23CC4CC(CC(C4)C2)C3)C1. The molecule has 1 unspecified atom stereocenters. The van der Waals surface area contributed by atoms with Crippen molar-refractivity contribution < 1.29 is 9.69 Å². The van der Waals surface area contributed by atoms with E-state index in [0.29, 0.717) is 12.5 Å². The number of nitrogens with one attached hydrogen (secondary N) is 2. The number of hydrogen-bond acceptors (Lipinski definition) is 1. The topological polar surface area (TPSA) is 33.5 Å². The number of carbonyl (C=O) groups excluding carboxylic acids is 1. The van der Waals surface area contributed by atoms with E-state index in [2.05, 4.69) is 12.2 Å². The van der Waals surface area contributed by atoms with Crippen LogP contribution in [0.2, 0.25) is 0 Å². The first-order valence-corrected chi connectivity index (χ1v) is 9.25. The van der Waals surface area contributed by atoms with Crippen molar-refractivity contribution in [1.29, 1.82) is 0 Å². The quantitative estimate of drug-likeness (QED) is 0.809. The molecule has 0 aromatic rings. The van der Waals surface area contributed by atoms with Gasteiger partial charge in [0.1, 0.15) is 0 Å². The largest absolute Gasteiger partial charge is 0.346 e. The van der Waals surface area contributed by atoms with E-state index in [1.54, 1.807) is 0 Å². The van der Waals surface area contributed by atoms with Crippen LogP contribution in [0.1, 0.15) is 58.3 Å². The number of piperidine rings is 1. The van der Waals surface area contributed by atoms with Crippen LogP contribution < -0.4 is 10.2 Å². The summed E-state index contributed by atoms with van der Waals surface area (Å²) in [4.78, 5) is 14.1. The van der Waals surface area contributed by atoms with Crippen LogP contribution in [0.4, 0.5) is 0 Å². The van der Waals surface area contributed by atoms with Crippen molar-refractivity contribution in [3.63, 3.8) is 0 Å². The zero-order valence-corrected chi connectivity index (χ0v) is 13.5. The van der Waals surface area contributed by atoms with E-state index in [-0.39, 0.29) is 5.54 Å². The average molecular weight is 291 g/mol. The molecule has 118 valence electrons. The number of hydrogen-bond donors (Lipinski definition) is 2. The van der Waals surface area contributed by atoms with Gasteiger partial charge in [0.25, 0.3) is 5.91 Å². The summed E-state index contributed by atoms with van der Waals surface area (Å²) >= 11 is 0. The highest BCUT2D eigenvalue weighted by atomic mass is 16.2. The summed E-state index contributed by atoms with van der Waals surface area (Å²) in [6.45, 7) is 5.43. The van der Waals surface area contributed by atoms with Crippen LogP contribution in [-0.4, -0.2) is 31.1 Å². The Morgan fingerprint density at radius 1 is 1.14 bits per heavy atom. The monoisotopic (exact) mass is 291 g/mol. The minimum Gasteiger partial charge on any atom is -0.346 e. The first-order valence-electron chi connectivity index (χ1n) is 9.25. The average Bonchev–Trinajstić information content (AvgIpc) is 2.35. The molecular formula is C18H31N2O+. The summed E-state index contributed by atoms with van der Waals surface area (Å²) in [5.41, 5.74) is 0.201. The lowest BCUT2D eigenvalue weighted by molar-refractivity contribution is -0.900. The Balaban J connectivity index is 1.36. The number of quaternary nitrogens is 1. The Morgan fingerprint density at radius 3 is 2.33 bits per heavy atom. The van der Waals surface area contributed by atoms with Crippen LogP contribution >= 0.6 is 0 Å². The Kier molecular flexibility index (Phi) is 3.52. The lowest BCUT2D eigenvalue weighted by atomic mass is 9.53. The third-order valence-electron chi connectivity index (χ3n) is 6.72. The maximum atomic E-state index is 12.6. The third-order valence-corrected chi connectivity index (χ3v) is 6.72. The zero-order valence-electron chi connectivity index (χ0n) is 13.5. The second kappa shape index (κ2) is 5.26. The molecule has 4 saturated carbocycles. The van der Waals surface area contributed by atoms with Gasteiger partial charge in [0, 0.05) is 11.5 Å². The minimum absolute atomic E-state index is 0.201. The van der Waals surface area contributed by atoms with E-state index in [9.17, 15) is 4.79 Å². The van der Waals surface area contributed by atoms with Crippen LogP contribution in [0.5, 0.6) is 0 Å². The summed E-state index contributed by atoms with van der Waals surface area (Å²) in [7, 11) is 0. The van der Waals surface area contributed by atoms with Crippen molar-refractivity contribution in [3.05, 3.63) is 0 Å². The fourth-order valence-corrected chi connectivity index (χ4v) is 6.39. The summed E-state index contributed by atoms with van der Waals surface area (Å²) in [5.74, 6) is 3.87. The highest BCUT2D eigenvalue weighted by molar-refractivity contribution is 5.77. The van der Waals surface area contributed by atoms with Crippen LogP contribution in [0.15, 0.2) is 0 Å². The number of amides is 1. The number of rotatable bonds is 3. The van der Waals surface area contributed by atoms with Gasteiger partial charge in [-0.05, 0) is 69.1 Å². The molecule has 5 fully saturated rings. The standard InChI is InChI=1S/C18H30N2O/c1-13-3-2-4-20(11-13)12-17(21)19-18-8-14-5-15(9-18)7-16(6-14)10-18/h13-16H,2-12H2,1H3,(H,19,21)/p+1/t13-,14?,15?,16?,18?/m0/s1. The highest BCUT2D eigenvalue weighted by Gasteiger charge is 2.51. The Labute approximate surface area is 128 Å². The Morgan fingerprint density at radius 2 is 1.76 bits per heavy atom. The third kappa shape index (κ3) is 2.86. The van der Waals surface area contributed by atoms with Gasteiger partial charge < -0.3 is 10.2 Å². The molecule has 3 nitrogen and oxygen atoms in total. The van der Waals surface area contributed by atoms with Crippen molar-refractivity contribution in [2.45, 2.75) is 63.8 Å². The summed E-state index contributed by atoms with van der Waals surface area (Å²) in [6, 6.07) is 0. The lowest BCUT2D eigenvalue weighted by Crippen LogP contribution is -3.14. The molecule has 4 bridgehead atoms. The molecule has 0 aromatic carbocycles. The molecule has 1 heterocycles. The molecule has 5 aliphatic rings. The fourth-order valence-electron chi connectivity index (χ4n) is 6.39. The summed E-state index contributed by atoms with van der Waals surface area (Å²) in [5, 5.41) is 3.53. The molecule has 2 atom stereocenters. The predicted octanol–water partition coefficient (Wildman–Crippen LogP) is 1.39. The van der Waals surface area contributed by atoms with E-state index in [1.165, 1.54) is 69.4 Å². The van der Waals surface area contributed by atoms with Crippen molar-refractivity contribution >= 4 is 5.91 Å². The van der Waals surface area contributed by atoms with Crippen molar-refractivity contribution in [2.24, 2.45) is 23.7 Å². The molecule has 4 aliphatic carbocycles. The van der Waals surface area contributed by atoms with Crippen molar-refractivity contribution in [2.75, 3.05) is 19.6 Å². The van der Waals surface area contributed by atoms with Crippen molar-refractivity contribution in [3.8, 4) is 0 Å². The predicted molar refractivity (Wildman–Crippen MR) is 83.0 cm³/mol. The van der Waals surface area contributed by atoms with E-state index in [0.717, 1.165) is 23.7 Å². The van der Waals surface area contributed by atoms with Crippen LogP contribution in [0.25, 0.3) is 0 Å². The first-order chi connectivity index (χ1) is 10.1. The van der Waals surface area contributed by atoms with Crippen LogP contribution in [0, 0.1) is 23.7 Å². The van der Waals surface area contributed by atoms with Gasteiger partial charge in [-0.1, -0.05) is 6.92 Å². The van der Waals surface area contributed by atoms with Gasteiger partial charge in [-0.25, -0.2) is 0 Å². The molecule has 5 rings (SSSR count). The van der Waals surface area contributed by atoms with E-state index in [1.807, 2.05) is 0 Å². The van der Waals surface area contributed by atoms with Gasteiger partial charge in [-0.2, -0.15) is 0 Å². The van der Waals surface area contributed by atoms with Crippen LogP contribution in [0.3, 0.4) is 0 Å². The molecule has 1 aliphatic heterocycles. The summed E-state index contributed by atoms with van der Waals surface area (Å²) in [6.07, 6.45) is 10.8. The van der Waals surface area contributed by atoms with Crippen LogP contribution in [-0.2, 0) is 4.79 Å². The van der Waals surface area contributed by atoms with Gasteiger partial charge in [-0.15, -0.1) is 0 Å². The molecule has 0 radical (unpaired) electrons. The molecule has 3 heteroatoms. The van der Waals surface area contributed by atoms with E-state index >= 15 is 0 Å². The Bertz CT molecular complexity index is 384. The lowest BCUT2D eigenvalue weighted by Gasteiger charge is -2.56. The smallest absolute Gasteiger partial charge is 0.275 e. The molecule has 21 heavy (non-hydrogen) atoms. The maximum Gasteiger partial charge on any atom is 0.275 e. The van der Waals surface area contributed by atoms with Gasteiger partial charge in [0.05, 0.1) is 13.1 Å². The van der Waals surface area contributed by atoms with Crippen molar-refractivity contribution in [1.82, 2.24) is 5.32 Å². The molecule has 0 spiro atoms. The molecule has 1 saturated heterocycles. The van der Waals surface area contributed by atoms with Gasteiger partial charge in [0.15, 0.2) is 6.54 Å². The minimum atomic E-state index is 0.201. The highest BCUT2D eigenvalue weighted by Crippen LogP contribution is 2.55. The summed E-state index contributed by atoms with van der Waals surface area (Å²) < 4.78 is 0. The Hall–Kier alpha value is -0.570. The zero-order chi connectivity index (χ0) is 14.4. The molecule has 0 aromatic heterocycles. The van der Waals surface area contributed by atoms with E-state index < -0.39 is 0 Å². The second-order valence-corrected chi connectivity index (χ2v) is 8.87. The normalized spacial score (nSPS) is 48.3. The van der Waals surface area contributed by atoms with Gasteiger partial charge >= 0.3 is 0 Å². The molecular weight excluding hydrogens is 260 g/mol. The molecule has 2 N–H and O–H groups in total. The van der Waals surface area contributed by atoms with Gasteiger partial charge in [0.2, 0.25) is 0 Å². The second-order valence-electron chi connectivity index (χ2n) is 8.87. The maximum absolute atomic E-state index is 12.6. The molecule has 1 amide bonds. The fraction of sp³-hybridized carbons (Fsp3) is 0.944. The first kappa shape index (κ1) is 14.0. The number of likely N-dealkylation sites (tertiary alicyclic amines) is 1. The van der Waals surface area contributed by atoms with E-state index in [4.69, 9.17) is 0 Å².